The van der Waals surface area contributed by atoms with Crippen molar-refractivity contribution in [2.45, 2.75) is 19.3 Å². The highest BCUT2D eigenvalue weighted by atomic mass is 16.7. The first-order chi connectivity index (χ1) is 13.9. The topological polar surface area (TPSA) is 30.9 Å². The van der Waals surface area contributed by atoms with E-state index in [4.69, 9.17) is 14.2 Å². The smallest absolute Gasteiger partial charge is 0.231 e. The maximum atomic E-state index is 6.20. The van der Waals surface area contributed by atoms with Crippen LogP contribution in [0, 0.1) is 0 Å². The SMILES string of the molecule is c1ccc2c(-c3ccc4c(c3)OCO4)ccc(OCCN3CCCCC3)c2c1. The average Bonchev–Trinajstić information content (AvgIpc) is 3.22. The predicted octanol–water partition coefficient (Wildman–Crippen LogP) is 5.10. The van der Waals surface area contributed by atoms with Crippen LogP contribution in [0.15, 0.2) is 54.6 Å². The summed E-state index contributed by atoms with van der Waals surface area (Å²) in [6.45, 7) is 4.43. The summed E-state index contributed by atoms with van der Waals surface area (Å²) in [5, 5.41) is 2.34. The second-order valence-corrected chi connectivity index (χ2v) is 7.48. The monoisotopic (exact) mass is 375 g/mol. The Morgan fingerprint density at radius 1 is 0.821 bits per heavy atom. The standard InChI is InChI=1S/C24H25NO3/c1-4-12-25(13-5-1)14-15-26-22-11-9-19(20-6-2-3-7-21(20)22)18-8-10-23-24(16-18)28-17-27-23/h2-3,6-11,16H,1,4-5,12-15,17H2. The molecule has 0 aliphatic carbocycles. The van der Waals surface area contributed by atoms with Gasteiger partial charge >= 0.3 is 0 Å². The molecular weight excluding hydrogens is 350 g/mol. The predicted molar refractivity (Wildman–Crippen MR) is 111 cm³/mol. The number of benzene rings is 3. The van der Waals surface area contributed by atoms with Gasteiger partial charge in [0.15, 0.2) is 11.5 Å². The molecule has 0 unspecified atom stereocenters. The van der Waals surface area contributed by atoms with Crippen LogP contribution >= 0.6 is 0 Å². The Hall–Kier alpha value is -2.72. The highest BCUT2D eigenvalue weighted by Crippen LogP contribution is 2.39. The number of fused-ring (bicyclic) bond motifs is 2. The number of nitrogens with zero attached hydrogens (tertiary/aromatic N) is 1. The summed E-state index contributed by atoms with van der Waals surface area (Å²) in [5.74, 6) is 2.58. The fraction of sp³-hybridized carbons (Fsp3) is 0.333. The van der Waals surface area contributed by atoms with Crippen molar-refractivity contribution in [1.29, 1.82) is 0 Å². The highest BCUT2D eigenvalue weighted by Gasteiger charge is 2.16. The lowest BCUT2D eigenvalue weighted by Crippen LogP contribution is -2.33. The van der Waals surface area contributed by atoms with Crippen LogP contribution < -0.4 is 14.2 Å². The summed E-state index contributed by atoms with van der Waals surface area (Å²) in [5.41, 5.74) is 2.30. The van der Waals surface area contributed by atoms with Crippen LogP contribution in [-0.4, -0.2) is 37.9 Å². The van der Waals surface area contributed by atoms with E-state index in [1.807, 2.05) is 6.07 Å². The van der Waals surface area contributed by atoms with Gasteiger partial charge in [0.2, 0.25) is 6.79 Å². The van der Waals surface area contributed by atoms with E-state index in [0.29, 0.717) is 6.79 Å². The molecule has 28 heavy (non-hydrogen) atoms. The minimum absolute atomic E-state index is 0.295. The molecular formula is C24H25NO3. The Kier molecular flexibility index (Phi) is 4.79. The van der Waals surface area contributed by atoms with Gasteiger partial charge in [0.25, 0.3) is 0 Å². The number of hydrogen-bond donors (Lipinski definition) is 0. The van der Waals surface area contributed by atoms with Gasteiger partial charge in [-0.25, -0.2) is 0 Å². The molecule has 4 heteroatoms. The minimum atomic E-state index is 0.295. The van der Waals surface area contributed by atoms with Gasteiger partial charge in [0.1, 0.15) is 12.4 Å². The van der Waals surface area contributed by atoms with E-state index in [1.165, 1.54) is 43.3 Å². The zero-order valence-electron chi connectivity index (χ0n) is 16.0. The molecule has 1 saturated heterocycles. The number of ether oxygens (including phenoxy) is 3. The van der Waals surface area contributed by atoms with Crippen LogP contribution in [0.3, 0.4) is 0 Å². The number of hydrogen-bond acceptors (Lipinski definition) is 4. The summed E-state index contributed by atoms with van der Waals surface area (Å²) in [4.78, 5) is 2.51. The molecule has 0 amide bonds. The Bertz CT molecular complexity index is 979. The third-order valence-electron chi connectivity index (χ3n) is 5.68. The van der Waals surface area contributed by atoms with E-state index in [0.717, 1.165) is 41.3 Å². The van der Waals surface area contributed by atoms with Crippen LogP contribution in [0.5, 0.6) is 17.2 Å². The van der Waals surface area contributed by atoms with Crippen LogP contribution in [0.1, 0.15) is 19.3 Å². The highest BCUT2D eigenvalue weighted by molar-refractivity contribution is 6.00. The molecule has 0 aromatic heterocycles. The molecule has 3 aromatic rings. The Labute approximate surface area is 165 Å². The molecule has 2 aliphatic rings. The van der Waals surface area contributed by atoms with Crippen molar-refractivity contribution >= 4 is 10.8 Å². The molecule has 0 bridgehead atoms. The molecule has 0 radical (unpaired) electrons. The lowest BCUT2D eigenvalue weighted by Gasteiger charge is -2.26. The molecule has 0 spiro atoms. The van der Waals surface area contributed by atoms with Gasteiger partial charge in [-0.2, -0.15) is 0 Å². The molecule has 0 atom stereocenters. The maximum Gasteiger partial charge on any atom is 0.231 e. The van der Waals surface area contributed by atoms with Crippen molar-refractivity contribution in [3.05, 3.63) is 54.6 Å². The van der Waals surface area contributed by atoms with E-state index in [2.05, 4.69) is 53.4 Å². The molecule has 0 N–H and O–H groups in total. The second kappa shape index (κ2) is 7.72. The van der Waals surface area contributed by atoms with Crippen LogP contribution in [0.4, 0.5) is 0 Å². The fourth-order valence-corrected chi connectivity index (χ4v) is 4.18. The Morgan fingerprint density at radius 3 is 2.54 bits per heavy atom. The van der Waals surface area contributed by atoms with Gasteiger partial charge in [0, 0.05) is 11.9 Å². The van der Waals surface area contributed by atoms with Crippen molar-refractivity contribution in [3.8, 4) is 28.4 Å². The lowest BCUT2D eigenvalue weighted by molar-refractivity contribution is 0.174. The van der Waals surface area contributed by atoms with Gasteiger partial charge < -0.3 is 14.2 Å². The van der Waals surface area contributed by atoms with E-state index in [-0.39, 0.29) is 0 Å². The third-order valence-corrected chi connectivity index (χ3v) is 5.68. The van der Waals surface area contributed by atoms with Gasteiger partial charge in [-0.3, -0.25) is 4.90 Å². The molecule has 144 valence electrons. The second-order valence-electron chi connectivity index (χ2n) is 7.48. The summed E-state index contributed by atoms with van der Waals surface area (Å²) in [6.07, 6.45) is 3.99. The van der Waals surface area contributed by atoms with Gasteiger partial charge in [-0.05, 0) is 60.6 Å². The zero-order valence-corrected chi connectivity index (χ0v) is 16.0. The van der Waals surface area contributed by atoms with Crippen molar-refractivity contribution in [2.24, 2.45) is 0 Å². The van der Waals surface area contributed by atoms with Gasteiger partial charge in [0.05, 0.1) is 0 Å². The third kappa shape index (κ3) is 3.40. The number of rotatable bonds is 5. The Balaban J connectivity index is 1.41. The normalized spacial score (nSPS) is 16.4. The Morgan fingerprint density at radius 2 is 1.64 bits per heavy atom. The largest absolute Gasteiger partial charge is 0.492 e. The molecule has 5 rings (SSSR count). The van der Waals surface area contributed by atoms with Crippen molar-refractivity contribution < 1.29 is 14.2 Å². The van der Waals surface area contributed by atoms with E-state index in [9.17, 15) is 0 Å². The first-order valence-corrected chi connectivity index (χ1v) is 10.2. The van der Waals surface area contributed by atoms with Crippen molar-refractivity contribution in [1.82, 2.24) is 4.90 Å². The van der Waals surface area contributed by atoms with Crippen molar-refractivity contribution in [2.75, 3.05) is 33.0 Å². The first kappa shape index (κ1) is 17.4. The van der Waals surface area contributed by atoms with Crippen LogP contribution in [-0.2, 0) is 0 Å². The van der Waals surface area contributed by atoms with Crippen LogP contribution in [0.2, 0.25) is 0 Å². The summed E-state index contributed by atoms with van der Waals surface area (Å²) < 4.78 is 17.2. The quantitative estimate of drug-likeness (QED) is 0.621. The summed E-state index contributed by atoms with van der Waals surface area (Å²) >= 11 is 0. The van der Waals surface area contributed by atoms with Crippen molar-refractivity contribution in [3.63, 3.8) is 0 Å². The van der Waals surface area contributed by atoms with E-state index in [1.54, 1.807) is 0 Å². The average molecular weight is 375 g/mol. The molecule has 2 heterocycles. The fourth-order valence-electron chi connectivity index (χ4n) is 4.18. The summed E-state index contributed by atoms with van der Waals surface area (Å²) in [7, 11) is 0. The first-order valence-electron chi connectivity index (χ1n) is 10.2. The van der Waals surface area contributed by atoms with E-state index < -0.39 is 0 Å². The van der Waals surface area contributed by atoms with Gasteiger partial charge in [-0.1, -0.05) is 42.8 Å². The molecule has 1 fully saturated rings. The number of likely N-dealkylation sites (tertiary alicyclic amines) is 1. The number of piperidine rings is 1. The van der Waals surface area contributed by atoms with E-state index >= 15 is 0 Å². The molecule has 0 saturated carbocycles. The molecule has 2 aliphatic heterocycles. The lowest BCUT2D eigenvalue weighted by atomic mass is 9.97. The summed E-state index contributed by atoms with van der Waals surface area (Å²) in [6, 6.07) is 18.8. The zero-order chi connectivity index (χ0) is 18.8. The van der Waals surface area contributed by atoms with Crippen LogP contribution in [0.25, 0.3) is 21.9 Å². The maximum absolute atomic E-state index is 6.20. The minimum Gasteiger partial charge on any atom is -0.492 e. The van der Waals surface area contributed by atoms with Gasteiger partial charge in [-0.15, -0.1) is 0 Å². The molecule has 4 nitrogen and oxygen atoms in total. The molecule has 3 aromatic carbocycles.